The molecule has 1 saturated heterocycles. The summed E-state index contributed by atoms with van der Waals surface area (Å²) in [7, 11) is 0. The van der Waals surface area contributed by atoms with Crippen LogP contribution in [0.5, 0.6) is 0 Å². The Morgan fingerprint density at radius 3 is 2.76 bits per heavy atom. The molecular weight excluding hydrogens is 398 g/mol. The van der Waals surface area contributed by atoms with E-state index in [1.165, 1.54) is 6.20 Å². The maximum atomic E-state index is 14.8. The van der Waals surface area contributed by atoms with Crippen LogP contribution in [0.4, 0.5) is 29.3 Å². The topological polar surface area (TPSA) is 76.6 Å². The van der Waals surface area contributed by atoms with Crippen LogP contribution in [-0.2, 0) is 17.8 Å². The highest BCUT2D eigenvalue weighted by molar-refractivity contribution is 5.48. The summed E-state index contributed by atoms with van der Waals surface area (Å²) in [5.74, 6) is -1.40. The van der Waals surface area contributed by atoms with Crippen LogP contribution in [0.2, 0.25) is 0 Å². The molecule has 29 heavy (non-hydrogen) atoms. The molecule has 2 aliphatic rings. The Hall–Kier alpha value is -2.63. The lowest BCUT2D eigenvalue weighted by molar-refractivity contribution is -0.153. The first-order valence-corrected chi connectivity index (χ1v) is 9.13. The molecule has 0 spiro atoms. The summed E-state index contributed by atoms with van der Waals surface area (Å²) in [6, 6.07) is -2.17. The maximum Gasteiger partial charge on any atom is 0.408 e. The smallest absolute Gasteiger partial charge is 0.408 e. The maximum absolute atomic E-state index is 14.8. The van der Waals surface area contributed by atoms with Gasteiger partial charge in [0.25, 0.3) is 5.56 Å². The van der Waals surface area contributed by atoms with Crippen molar-refractivity contribution in [1.29, 1.82) is 0 Å². The first kappa shape index (κ1) is 19.7. The van der Waals surface area contributed by atoms with Gasteiger partial charge in [-0.2, -0.15) is 22.5 Å². The van der Waals surface area contributed by atoms with Crippen LogP contribution in [0.1, 0.15) is 19.1 Å². The average molecular weight is 417 g/mol. The van der Waals surface area contributed by atoms with Crippen molar-refractivity contribution in [2.24, 2.45) is 0 Å². The molecule has 0 bridgehead atoms. The first-order chi connectivity index (χ1) is 13.8. The fourth-order valence-electron chi connectivity index (χ4n) is 3.72. The number of aromatic nitrogens is 3. The van der Waals surface area contributed by atoms with E-state index in [1.54, 1.807) is 11.8 Å². The van der Waals surface area contributed by atoms with Crippen molar-refractivity contribution in [3.05, 3.63) is 34.5 Å². The first-order valence-electron chi connectivity index (χ1n) is 9.13. The van der Waals surface area contributed by atoms with Gasteiger partial charge < -0.3 is 19.0 Å². The Kier molecular flexibility index (Phi) is 4.97. The van der Waals surface area contributed by atoms with Crippen molar-refractivity contribution in [3.63, 3.8) is 0 Å². The van der Waals surface area contributed by atoms with Crippen LogP contribution >= 0.6 is 0 Å². The summed E-state index contributed by atoms with van der Waals surface area (Å²) in [5, 5.41) is 0. The molecule has 2 aromatic rings. The van der Waals surface area contributed by atoms with Crippen LogP contribution in [0.25, 0.3) is 0 Å². The highest BCUT2D eigenvalue weighted by atomic mass is 19.4. The third-order valence-corrected chi connectivity index (χ3v) is 5.16. The molecule has 0 radical (unpaired) electrons. The van der Waals surface area contributed by atoms with Crippen molar-refractivity contribution >= 4 is 11.8 Å². The number of nitrogens with zero attached hydrogens (tertiary/aromatic N) is 5. The van der Waals surface area contributed by atoms with Gasteiger partial charge in [0.15, 0.2) is 12.2 Å². The van der Waals surface area contributed by atoms with Gasteiger partial charge >= 0.3 is 6.18 Å². The Morgan fingerprint density at radius 1 is 1.31 bits per heavy atom. The van der Waals surface area contributed by atoms with E-state index in [-0.39, 0.29) is 43.2 Å². The van der Waals surface area contributed by atoms with Crippen molar-refractivity contribution in [2.75, 3.05) is 29.6 Å². The largest absolute Gasteiger partial charge is 0.447 e. The van der Waals surface area contributed by atoms with Gasteiger partial charge in [-0.15, -0.1) is 0 Å². The number of hydrogen-bond acceptors (Lipinski definition) is 7. The molecule has 4 heterocycles. The van der Waals surface area contributed by atoms with Crippen LogP contribution in [0, 0.1) is 5.82 Å². The van der Waals surface area contributed by atoms with Crippen molar-refractivity contribution in [3.8, 4) is 0 Å². The molecule has 2 aliphatic heterocycles. The van der Waals surface area contributed by atoms with Crippen molar-refractivity contribution in [2.45, 2.75) is 44.7 Å². The number of morpholine rings is 1. The van der Waals surface area contributed by atoms with Gasteiger partial charge in [0.1, 0.15) is 11.8 Å². The second kappa shape index (κ2) is 7.32. The highest BCUT2D eigenvalue weighted by Gasteiger charge is 2.47. The monoisotopic (exact) mass is 417 g/mol. The lowest BCUT2D eigenvalue weighted by Gasteiger charge is -2.40. The minimum Gasteiger partial charge on any atom is -0.447 e. The summed E-state index contributed by atoms with van der Waals surface area (Å²) in [5.41, 5.74) is -0.994. The number of rotatable bonds is 3. The molecule has 0 aliphatic carbocycles. The van der Waals surface area contributed by atoms with Gasteiger partial charge in [0.05, 0.1) is 32.0 Å². The number of fused-ring (bicyclic) bond motifs is 1. The zero-order chi connectivity index (χ0) is 20.8. The second-order valence-corrected chi connectivity index (χ2v) is 7.07. The molecule has 8 nitrogen and oxygen atoms in total. The van der Waals surface area contributed by atoms with Crippen LogP contribution in [0.15, 0.2) is 21.8 Å². The Morgan fingerprint density at radius 2 is 2.10 bits per heavy atom. The molecule has 0 N–H and O–H groups in total. The number of hydrogen-bond donors (Lipinski definition) is 0. The van der Waals surface area contributed by atoms with Crippen LogP contribution < -0.4 is 15.4 Å². The van der Waals surface area contributed by atoms with E-state index in [0.29, 0.717) is 13.2 Å². The van der Waals surface area contributed by atoms with Crippen LogP contribution in [-0.4, -0.2) is 52.6 Å². The Bertz CT molecular complexity index is 930. The fraction of sp³-hybridized carbons (Fsp3) is 0.588. The molecule has 2 aromatic heterocycles. The summed E-state index contributed by atoms with van der Waals surface area (Å²) in [6.45, 7) is 2.05. The zero-order valence-electron chi connectivity index (χ0n) is 15.5. The Balaban J connectivity index is 1.83. The quantitative estimate of drug-likeness (QED) is 0.707. The Labute approximate surface area is 162 Å². The van der Waals surface area contributed by atoms with Crippen molar-refractivity contribution < 1.29 is 26.7 Å². The lowest BCUT2D eigenvalue weighted by atomic mass is 10.1. The average Bonchev–Trinajstić information content (AvgIpc) is 3.18. The zero-order valence-corrected chi connectivity index (χ0v) is 15.5. The molecule has 0 aromatic carbocycles. The summed E-state index contributed by atoms with van der Waals surface area (Å²) >= 11 is 0. The van der Waals surface area contributed by atoms with E-state index in [9.17, 15) is 22.4 Å². The molecule has 0 saturated carbocycles. The molecule has 1 fully saturated rings. The summed E-state index contributed by atoms with van der Waals surface area (Å²) in [6.07, 6.45) is -2.57. The standard InChI is InChI=1S/C17H19F4N5O3/c1-10-8-28-5-4-24(10)14-13(18)15(27)25-3-2-12(17(19,20)21)26(16(25)23-14)7-11-6-22-9-29-11/h6,9-10,12H,2-5,7-8H2,1H3/t10-,12+/m1/s1. The fourth-order valence-corrected chi connectivity index (χ4v) is 3.72. The predicted molar refractivity (Wildman–Crippen MR) is 93.2 cm³/mol. The second-order valence-electron chi connectivity index (χ2n) is 7.07. The van der Waals surface area contributed by atoms with E-state index in [1.807, 2.05) is 0 Å². The van der Waals surface area contributed by atoms with Crippen LogP contribution in [0.3, 0.4) is 0 Å². The molecule has 0 unspecified atom stereocenters. The molecule has 4 rings (SSSR count). The third kappa shape index (κ3) is 3.56. The third-order valence-electron chi connectivity index (χ3n) is 5.16. The number of anilines is 2. The SMILES string of the molecule is C[C@@H]1COCCN1c1nc2n(c(=O)c1F)CC[C@@H](C(F)(F)F)N2Cc1cnco1. The number of halogens is 4. The van der Waals surface area contributed by atoms with Gasteiger partial charge in [-0.1, -0.05) is 0 Å². The van der Waals surface area contributed by atoms with Gasteiger partial charge in [0, 0.05) is 13.1 Å². The predicted octanol–water partition coefficient (Wildman–Crippen LogP) is 1.94. The normalized spacial score (nSPS) is 22.7. The highest BCUT2D eigenvalue weighted by Crippen LogP contribution is 2.36. The van der Waals surface area contributed by atoms with Crippen molar-refractivity contribution in [1.82, 2.24) is 14.5 Å². The molecule has 12 heteroatoms. The van der Waals surface area contributed by atoms with E-state index < -0.39 is 30.0 Å². The van der Waals surface area contributed by atoms with E-state index >= 15 is 0 Å². The van der Waals surface area contributed by atoms with Gasteiger partial charge in [0.2, 0.25) is 11.8 Å². The summed E-state index contributed by atoms with van der Waals surface area (Å²) < 4.78 is 67.3. The van der Waals surface area contributed by atoms with E-state index in [2.05, 4.69) is 9.97 Å². The number of oxazole rings is 1. The van der Waals surface area contributed by atoms with Gasteiger partial charge in [-0.05, 0) is 13.3 Å². The summed E-state index contributed by atoms with van der Waals surface area (Å²) in [4.78, 5) is 23.0. The minimum absolute atomic E-state index is 0.174. The van der Waals surface area contributed by atoms with E-state index in [4.69, 9.17) is 9.15 Å². The lowest BCUT2D eigenvalue weighted by Crippen LogP contribution is -2.53. The molecule has 0 amide bonds. The molecule has 2 atom stereocenters. The molecular formula is C17H19F4N5O3. The molecule has 158 valence electrons. The number of alkyl halides is 3. The van der Waals surface area contributed by atoms with E-state index in [0.717, 1.165) is 15.9 Å². The minimum atomic E-state index is -4.57. The van der Waals surface area contributed by atoms with Gasteiger partial charge in [-0.25, -0.2) is 4.98 Å². The van der Waals surface area contributed by atoms with Gasteiger partial charge in [-0.3, -0.25) is 9.36 Å². The number of ether oxygens (including phenoxy) is 1.